The minimum atomic E-state index is -3.73. The van der Waals surface area contributed by atoms with Crippen molar-refractivity contribution in [3.63, 3.8) is 0 Å². The Balaban J connectivity index is 1.81. The van der Waals surface area contributed by atoms with E-state index in [0.717, 1.165) is 18.4 Å². The Labute approximate surface area is 224 Å². The third kappa shape index (κ3) is 5.49. The standard InChI is InChI=1S/C29H32N4O4S/c1-5-6-18-33(4)38(36,37)23-16-17-25-24(19-23)26(28(34)31-25)27(20-10-8-7-9-11-20)30-22-14-12-21(13-15-22)29(35)32(2)3/h7-17,19,30H,5-6,18H2,1-4H3,(H,31,34)/b27-26-. The van der Waals surface area contributed by atoms with Gasteiger partial charge >= 0.3 is 0 Å². The lowest BCUT2D eigenvalue weighted by Gasteiger charge is -2.18. The molecule has 0 radical (unpaired) electrons. The molecule has 0 unspecified atom stereocenters. The first-order chi connectivity index (χ1) is 18.1. The van der Waals surface area contributed by atoms with Crippen molar-refractivity contribution >= 4 is 44.5 Å². The molecule has 0 aromatic heterocycles. The van der Waals surface area contributed by atoms with Crippen LogP contribution in [0.25, 0.3) is 11.3 Å². The van der Waals surface area contributed by atoms with E-state index in [-0.39, 0.29) is 16.7 Å². The molecule has 1 heterocycles. The van der Waals surface area contributed by atoms with E-state index in [1.165, 1.54) is 15.3 Å². The smallest absolute Gasteiger partial charge is 0.258 e. The number of hydrogen-bond donors (Lipinski definition) is 2. The number of carbonyl (C=O) groups excluding carboxylic acids is 2. The highest BCUT2D eigenvalue weighted by molar-refractivity contribution is 7.89. The number of benzene rings is 3. The highest BCUT2D eigenvalue weighted by Crippen LogP contribution is 2.39. The molecule has 198 valence electrons. The highest BCUT2D eigenvalue weighted by atomic mass is 32.2. The van der Waals surface area contributed by atoms with Gasteiger partial charge in [0, 0.05) is 50.2 Å². The van der Waals surface area contributed by atoms with Crippen LogP contribution in [0.3, 0.4) is 0 Å². The molecule has 4 rings (SSSR count). The van der Waals surface area contributed by atoms with Gasteiger partial charge in [-0.1, -0.05) is 43.7 Å². The maximum Gasteiger partial charge on any atom is 0.258 e. The normalized spacial score (nSPS) is 14.2. The average Bonchev–Trinajstić information content (AvgIpc) is 3.25. The molecule has 3 aromatic rings. The summed E-state index contributed by atoms with van der Waals surface area (Å²) < 4.78 is 27.8. The number of nitrogens with one attached hydrogen (secondary N) is 2. The van der Waals surface area contributed by atoms with Crippen LogP contribution in [0.15, 0.2) is 77.7 Å². The van der Waals surface area contributed by atoms with Gasteiger partial charge in [-0.05, 0) is 54.4 Å². The number of sulfonamides is 1. The number of nitrogens with zero attached hydrogens (tertiary/aromatic N) is 2. The van der Waals surface area contributed by atoms with E-state index in [2.05, 4.69) is 10.6 Å². The molecule has 1 aliphatic rings. The molecule has 38 heavy (non-hydrogen) atoms. The fraction of sp³-hybridized carbons (Fsp3) is 0.241. The van der Waals surface area contributed by atoms with Crippen LogP contribution >= 0.6 is 0 Å². The quantitative estimate of drug-likeness (QED) is 0.388. The Morgan fingerprint density at radius 2 is 1.61 bits per heavy atom. The van der Waals surface area contributed by atoms with Gasteiger partial charge in [0.15, 0.2) is 0 Å². The van der Waals surface area contributed by atoms with Crippen molar-refractivity contribution in [3.05, 3.63) is 89.5 Å². The zero-order chi connectivity index (χ0) is 27.4. The summed E-state index contributed by atoms with van der Waals surface area (Å²) in [6.07, 6.45) is 1.64. The molecule has 8 nitrogen and oxygen atoms in total. The van der Waals surface area contributed by atoms with Gasteiger partial charge in [0.05, 0.1) is 16.2 Å². The number of unbranched alkanes of at least 4 members (excludes halogenated alkanes) is 1. The molecule has 2 N–H and O–H groups in total. The van der Waals surface area contributed by atoms with Crippen molar-refractivity contribution in [2.45, 2.75) is 24.7 Å². The maximum absolute atomic E-state index is 13.3. The molecule has 0 atom stereocenters. The summed E-state index contributed by atoms with van der Waals surface area (Å²) in [7, 11) is 1.23. The minimum Gasteiger partial charge on any atom is -0.354 e. The molecule has 3 aromatic carbocycles. The van der Waals surface area contributed by atoms with E-state index in [1.807, 2.05) is 37.3 Å². The Hall–Kier alpha value is -3.95. The molecule has 0 fully saturated rings. The molecular weight excluding hydrogens is 500 g/mol. The summed E-state index contributed by atoms with van der Waals surface area (Å²) in [5.74, 6) is -0.445. The average molecular weight is 533 g/mol. The van der Waals surface area contributed by atoms with Gasteiger partial charge < -0.3 is 15.5 Å². The van der Waals surface area contributed by atoms with Crippen molar-refractivity contribution in [3.8, 4) is 0 Å². The second-order valence-electron chi connectivity index (χ2n) is 9.36. The van der Waals surface area contributed by atoms with Crippen LogP contribution in [-0.4, -0.2) is 57.1 Å². The van der Waals surface area contributed by atoms with E-state index in [9.17, 15) is 18.0 Å². The van der Waals surface area contributed by atoms with Crippen LogP contribution in [0.4, 0.5) is 11.4 Å². The zero-order valence-corrected chi connectivity index (χ0v) is 22.8. The first kappa shape index (κ1) is 27.1. The van der Waals surface area contributed by atoms with Crippen LogP contribution in [-0.2, 0) is 14.8 Å². The van der Waals surface area contributed by atoms with Gasteiger partial charge in [0.1, 0.15) is 0 Å². The number of fused-ring (bicyclic) bond motifs is 1. The number of carbonyl (C=O) groups is 2. The van der Waals surface area contributed by atoms with Crippen molar-refractivity contribution in [2.24, 2.45) is 0 Å². The molecule has 0 saturated carbocycles. The second-order valence-corrected chi connectivity index (χ2v) is 11.4. The molecule has 0 saturated heterocycles. The summed E-state index contributed by atoms with van der Waals surface area (Å²) in [6.45, 7) is 2.43. The Kier molecular flexibility index (Phi) is 7.99. The van der Waals surface area contributed by atoms with E-state index in [1.54, 1.807) is 57.5 Å². The van der Waals surface area contributed by atoms with Gasteiger partial charge in [-0.2, -0.15) is 0 Å². The van der Waals surface area contributed by atoms with Crippen LogP contribution in [0.1, 0.15) is 41.3 Å². The summed E-state index contributed by atoms with van der Waals surface area (Å²) in [6, 6.07) is 21.1. The Morgan fingerprint density at radius 1 is 0.921 bits per heavy atom. The Bertz CT molecular complexity index is 1480. The van der Waals surface area contributed by atoms with Crippen molar-refractivity contribution < 1.29 is 18.0 Å². The Morgan fingerprint density at radius 3 is 2.24 bits per heavy atom. The number of anilines is 2. The third-order valence-electron chi connectivity index (χ3n) is 6.39. The van der Waals surface area contributed by atoms with Crippen molar-refractivity contribution in [2.75, 3.05) is 38.3 Å². The first-order valence-electron chi connectivity index (χ1n) is 12.4. The third-order valence-corrected chi connectivity index (χ3v) is 8.24. The zero-order valence-electron chi connectivity index (χ0n) is 22.0. The maximum atomic E-state index is 13.3. The first-order valence-corrected chi connectivity index (χ1v) is 13.9. The number of hydrogen-bond acceptors (Lipinski definition) is 5. The van der Waals surface area contributed by atoms with Gasteiger partial charge in [0.25, 0.3) is 11.8 Å². The van der Waals surface area contributed by atoms with E-state index < -0.39 is 10.0 Å². The summed E-state index contributed by atoms with van der Waals surface area (Å²) in [5, 5.41) is 6.21. The molecule has 9 heteroatoms. The SMILES string of the molecule is CCCCN(C)S(=O)(=O)c1ccc2c(c1)/C(=C(/Nc1ccc(C(=O)N(C)C)cc1)c1ccccc1)C(=O)N2. The molecule has 0 aliphatic carbocycles. The minimum absolute atomic E-state index is 0.111. The van der Waals surface area contributed by atoms with E-state index >= 15 is 0 Å². The second kappa shape index (κ2) is 11.2. The molecular formula is C29H32N4O4S. The van der Waals surface area contributed by atoms with E-state index in [0.29, 0.717) is 40.3 Å². The van der Waals surface area contributed by atoms with Crippen LogP contribution in [0.5, 0.6) is 0 Å². The largest absolute Gasteiger partial charge is 0.354 e. The predicted molar refractivity (Wildman–Crippen MR) is 151 cm³/mol. The molecule has 0 spiro atoms. The molecule has 2 amide bonds. The van der Waals surface area contributed by atoms with Crippen LogP contribution < -0.4 is 10.6 Å². The number of amides is 2. The fourth-order valence-corrected chi connectivity index (χ4v) is 5.45. The lowest BCUT2D eigenvalue weighted by atomic mass is 10.00. The van der Waals surface area contributed by atoms with Crippen molar-refractivity contribution in [1.82, 2.24) is 9.21 Å². The van der Waals surface area contributed by atoms with E-state index in [4.69, 9.17) is 0 Å². The summed E-state index contributed by atoms with van der Waals surface area (Å²) in [5.41, 5.74) is 3.90. The lowest BCUT2D eigenvalue weighted by molar-refractivity contribution is -0.110. The van der Waals surface area contributed by atoms with Gasteiger partial charge in [-0.3, -0.25) is 9.59 Å². The highest BCUT2D eigenvalue weighted by Gasteiger charge is 2.31. The molecule has 1 aliphatic heterocycles. The monoisotopic (exact) mass is 532 g/mol. The summed E-state index contributed by atoms with van der Waals surface area (Å²) in [4.78, 5) is 27.2. The summed E-state index contributed by atoms with van der Waals surface area (Å²) >= 11 is 0. The topological polar surface area (TPSA) is 98.8 Å². The number of rotatable bonds is 9. The fourth-order valence-electron chi connectivity index (χ4n) is 4.22. The van der Waals surface area contributed by atoms with Crippen molar-refractivity contribution in [1.29, 1.82) is 0 Å². The van der Waals surface area contributed by atoms with Crippen LogP contribution in [0.2, 0.25) is 0 Å². The van der Waals surface area contributed by atoms with Gasteiger partial charge in [0.2, 0.25) is 10.0 Å². The lowest BCUT2D eigenvalue weighted by Crippen LogP contribution is -2.28. The molecule has 0 bridgehead atoms. The van der Waals surface area contributed by atoms with Gasteiger partial charge in [-0.25, -0.2) is 12.7 Å². The van der Waals surface area contributed by atoms with Crippen LogP contribution in [0, 0.1) is 0 Å². The predicted octanol–water partition coefficient (Wildman–Crippen LogP) is 4.74. The van der Waals surface area contributed by atoms with Gasteiger partial charge in [-0.15, -0.1) is 0 Å².